The molecule has 3 aromatic rings. The lowest BCUT2D eigenvalue weighted by Gasteiger charge is -2.27. The molecule has 0 aromatic heterocycles. The maximum atomic E-state index is 13.0. The van der Waals surface area contributed by atoms with Crippen molar-refractivity contribution in [3.63, 3.8) is 0 Å². The average Bonchev–Trinajstić information content (AvgIpc) is 2.76. The number of hydrogen-bond acceptors (Lipinski definition) is 4. The van der Waals surface area contributed by atoms with Crippen molar-refractivity contribution >= 4 is 29.6 Å². The van der Waals surface area contributed by atoms with Crippen LogP contribution in [0, 0.1) is 20.8 Å². The molecule has 0 unspecified atom stereocenters. The Morgan fingerprint density at radius 1 is 0.879 bits per heavy atom. The van der Waals surface area contributed by atoms with E-state index in [0.717, 1.165) is 16.0 Å². The number of benzene rings is 3. The molecule has 0 bridgehead atoms. The topological polar surface area (TPSA) is 75.7 Å². The second kappa shape index (κ2) is 9.12. The summed E-state index contributed by atoms with van der Waals surface area (Å²) in [7, 11) is 0. The molecular formula is C27H24N2O4. The zero-order valence-corrected chi connectivity index (χ0v) is 18.7. The molecule has 6 heteroatoms. The minimum absolute atomic E-state index is 0.109. The van der Waals surface area contributed by atoms with Crippen LogP contribution in [0.1, 0.15) is 27.8 Å². The van der Waals surface area contributed by atoms with Gasteiger partial charge in [-0.15, -0.1) is 0 Å². The summed E-state index contributed by atoms with van der Waals surface area (Å²) in [5, 5.41) is 2.25. The number of aryl methyl sites for hydroxylation is 3. The van der Waals surface area contributed by atoms with Gasteiger partial charge in [0.25, 0.3) is 11.8 Å². The number of para-hydroxylation sites is 1. The number of barbiturate groups is 1. The Morgan fingerprint density at radius 3 is 2.21 bits per heavy atom. The SMILES string of the molecule is Cc1cc(C)cc(COc2ccc(/C=C3\C(=O)NC(=O)N(c4ccccc4C)C3=O)cc2)c1. The molecule has 4 amide bonds. The molecular weight excluding hydrogens is 416 g/mol. The highest BCUT2D eigenvalue weighted by atomic mass is 16.5. The summed E-state index contributed by atoms with van der Waals surface area (Å²) in [5.74, 6) is -0.703. The molecule has 0 aliphatic carbocycles. The van der Waals surface area contributed by atoms with Gasteiger partial charge >= 0.3 is 6.03 Å². The zero-order chi connectivity index (χ0) is 23.5. The molecule has 166 valence electrons. The lowest BCUT2D eigenvalue weighted by atomic mass is 10.1. The van der Waals surface area contributed by atoms with Crippen LogP contribution in [-0.2, 0) is 16.2 Å². The molecule has 1 saturated heterocycles. The first-order valence-electron chi connectivity index (χ1n) is 10.6. The predicted molar refractivity (Wildman–Crippen MR) is 127 cm³/mol. The highest BCUT2D eigenvalue weighted by molar-refractivity contribution is 6.39. The number of rotatable bonds is 5. The fourth-order valence-corrected chi connectivity index (χ4v) is 3.84. The third kappa shape index (κ3) is 4.85. The van der Waals surface area contributed by atoms with Crippen LogP contribution in [0.15, 0.2) is 72.3 Å². The van der Waals surface area contributed by atoms with Crippen molar-refractivity contribution < 1.29 is 19.1 Å². The Bertz CT molecular complexity index is 1260. The van der Waals surface area contributed by atoms with Crippen molar-refractivity contribution in [2.45, 2.75) is 27.4 Å². The van der Waals surface area contributed by atoms with Gasteiger partial charge in [-0.25, -0.2) is 9.69 Å². The van der Waals surface area contributed by atoms with Crippen LogP contribution in [0.2, 0.25) is 0 Å². The monoisotopic (exact) mass is 440 g/mol. The van der Waals surface area contributed by atoms with Gasteiger partial charge in [-0.05, 0) is 61.7 Å². The minimum Gasteiger partial charge on any atom is -0.489 e. The molecule has 0 saturated carbocycles. The first-order chi connectivity index (χ1) is 15.8. The smallest absolute Gasteiger partial charge is 0.335 e. The maximum Gasteiger partial charge on any atom is 0.335 e. The van der Waals surface area contributed by atoms with Crippen LogP contribution in [0.3, 0.4) is 0 Å². The highest BCUT2D eigenvalue weighted by Crippen LogP contribution is 2.25. The van der Waals surface area contributed by atoms with E-state index in [1.807, 2.05) is 6.07 Å². The molecule has 1 aliphatic rings. The summed E-state index contributed by atoms with van der Waals surface area (Å²) < 4.78 is 5.87. The third-order valence-corrected chi connectivity index (χ3v) is 5.34. The van der Waals surface area contributed by atoms with Crippen LogP contribution in [-0.4, -0.2) is 17.8 Å². The van der Waals surface area contributed by atoms with Gasteiger partial charge in [-0.3, -0.25) is 14.9 Å². The molecule has 1 aliphatic heterocycles. The summed E-state index contributed by atoms with van der Waals surface area (Å²) in [4.78, 5) is 38.8. The van der Waals surface area contributed by atoms with Gasteiger partial charge in [-0.2, -0.15) is 0 Å². The standard InChI is InChI=1S/C27H24N2O4/c1-17-12-18(2)14-21(13-17)16-33-22-10-8-20(9-11-22)15-23-25(30)28-27(32)29(26(23)31)24-7-5-4-6-19(24)3/h4-15H,16H2,1-3H3,(H,28,30,32)/b23-15+. The second-order valence-electron chi connectivity index (χ2n) is 8.10. The van der Waals surface area contributed by atoms with Gasteiger partial charge < -0.3 is 4.74 Å². The summed E-state index contributed by atoms with van der Waals surface area (Å²) in [6.45, 7) is 6.34. The number of nitrogens with one attached hydrogen (secondary N) is 1. The number of amides is 4. The Kier molecular flexibility index (Phi) is 6.09. The number of carbonyl (C=O) groups excluding carboxylic acids is 3. The molecule has 4 rings (SSSR count). The van der Waals surface area contributed by atoms with Crippen LogP contribution in [0.25, 0.3) is 6.08 Å². The van der Waals surface area contributed by atoms with E-state index in [1.54, 1.807) is 49.4 Å². The maximum absolute atomic E-state index is 13.0. The Labute approximate surface area is 192 Å². The fourth-order valence-electron chi connectivity index (χ4n) is 3.84. The summed E-state index contributed by atoms with van der Waals surface area (Å²) in [5.41, 5.74) is 5.18. The van der Waals surface area contributed by atoms with Gasteiger partial charge in [0.1, 0.15) is 17.9 Å². The number of anilines is 1. The normalized spacial score (nSPS) is 15.1. The number of urea groups is 1. The van der Waals surface area contributed by atoms with E-state index in [1.165, 1.54) is 17.2 Å². The lowest BCUT2D eigenvalue weighted by molar-refractivity contribution is -0.122. The van der Waals surface area contributed by atoms with E-state index in [2.05, 4.69) is 37.4 Å². The Morgan fingerprint density at radius 2 is 1.55 bits per heavy atom. The first-order valence-corrected chi connectivity index (χ1v) is 10.6. The number of ether oxygens (including phenoxy) is 1. The largest absolute Gasteiger partial charge is 0.489 e. The van der Waals surface area contributed by atoms with Gasteiger partial charge in [0.05, 0.1) is 5.69 Å². The summed E-state index contributed by atoms with van der Waals surface area (Å²) in [6.07, 6.45) is 1.48. The number of hydrogen-bond donors (Lipinski definition) is 1. The van der Waals surface area contributed by atoms with E-state index in [0.29, 0.717) is 23.6 Å². The molecule has 1 heterocycles. The van der Waals surface area contributed by atoms with Gasteiger partial charge in [-0.1, -0.05) is 59.7 Å². The molecule has 0 atom stereocenters. The Hall–Kier alpha value is -4.19. The summed E-state index contributed by atoms with van der Waals surface area (Å²) in [6, 6.07) is 19.6. The van der Waals surface area contributed by atoms with Gasteiger partial charge in [0.15, 0.2) is 0 Å². The van der Waals surface area contributed by atoms with E-state index in [4.69, 9.17) is 4.74 Å². The number of imide groups is 2. The molecule has 0 radical (unpaired) electrons. The van der Waals surface area contributed by atoms with Gasteiger partial charge in [0, 0.05) is 0 Å². The molecule has 3 aromatic carbocycles. The van der Waals surface area contributed by atoms with Crippen molar-refractivity contribution in [3.05, 3.63) is 100 Å². The molecule has 6 nitrogen and oxygen atoms in total. The van der Waals surface area contributed by atoms with Crippen LogP contribution < -0.4 is 15.0 Å². The van der Waals surface area contributed by atoms with Crippen molar-refractivity contribution in [3.8, 4) is 5.75 Å². The first kappa shape index (κ1) is 22.0. The molecule has 0 spiro atoms. The third-order valence-electron chi connectivity index (χ3n) is 5.34. The molecule has 1 N–H and O–H groups in total. The van der Waals surface area contributed by atoms with Gasteiger partial charge in [0.2, 0.25) is 0 Å². The van der Waals surface area contributed by atoms with Crippen molar-refractivity contribution in [1.29, 1.82) is 0 Å². The zero-order valence-electron chi connectivity index (χ0n) is 18.7. The quantitative estimate of drug-likeness (QED) is 0.454. The van der Waals surface area contributed by atoms with Crippen LogP contribution in [0.5, 0.6) is 5.75 Å². The lowest BCUT2D eigenvalue weighted by Crippen LogP contribution is -2.54. The second-order valence-corrected chi connectivity index (χ2v) is 8.10. The minimum atomic E-state index is -0.758. The highest BCUT2D eigenvalue weighted by Gasteiger charge is 2.37. The number of nitrogens with zero attached hydrogens (tertiary/aromatic N) is 1. The molecule has 33 heavy (non-hydrogen) atoms. The summed E-state index contributed by atoms with van der Waals surface area (Å²) >= 11 is 0. The van der Waals surface area contributed by atoms with E-state index in [-0.39, 0.29) is 5.57 Å². The van der Waals surface area contributed by atoms with E-state index in [9.17, 15) is 14.4 Å². The van der Waals surface area contributed by atoms with Crippen LogP contribution in [0.4, 0.5) is 10.5 Å². The van der Waals surface area contributed by atoms with Crippen LogP contribution >= 0.6 is 0 Å². The fraction of sp³-hybridized carbons (Fsp3) is 0.148. The number of carbonyl (C=O) groups is 3. The van der Waals surface area contributed by atoms with Crippen molar-refractivity contribution in [1.82, 2.24) is 5.32 Å². The predicted octanol–water partition coefficient (Wildman–Crippen LogP) is 4.86. The van der Waals surface area contributed by atoms with Crippen molar-refractivity contribution in [2.75, 3.05) is 4.90 Å². The molecule has 1 fully saturated rings. The van der Waals surface area contributed by atoms with Crippen molar-refractivity contribution in [2.24, 2.45) is 0 Å². The van der Waals surface area contributed by atoms with E-state index >= 15 is 0 Å². The Balaban J connectivity index is 1.52. The van der Waals surface area contributed by atoms with E-state index < -0.39 is 17.8 Å². The average molecular weight is 440 g/mol.